The number of nitrogens with zero attached hydrogens (tertiary/aromatic N) is 4. The minimum atomic E-state index is -0.260. The summed E-state index contributed by atoms with van der Waals surface area (Å²) < 4.78 is 25.1. The molecule has 1 atom stereocenters. The second kappa shape index (κ2) is 9.03. The summed E-state index contributed by atoms with van der Waals surface area (Å²) in [5, 5.41) is 4.02. The third-order valence-corrected chi connectivity index (χ3v) is 4.77. The zero-order chi connectivity index (χ0) is 19.2. The summed E-state index contributed by atoms with van der Waals surface area (Å²) in [6.45, 7) is 2.77. The Morgan fingerprint density at radius 2 is 2.00 bits per heavy atom. The molecule has 0 bridgehead atoms. The molecule has 0 amide bonds. The van der Waals surface area contributed by atoms with Crippen LogP contribution in [0, 0.1) is 5.82 Å². The molecule has 6 nitrogen and oxygen atoms in total. The summed E-state index contributed by atoms with van der Waals surface area (Å²) >= 11 is 0. The largest absolute Gasteiger partial charge is 0.377 e. The maximum absolute atomic E-state index is 13.8. The number of ether oxygens (including phenoxy) is 1. The van der Waals surface area contributed by atoms with E-state index >= 15 is 0 Å². The normalized spacial score (nSPS) is 16.7. The van der Waals surface area contributed by atoms with Gasteiger partial charge in [0.15, 0.2) is 5.82 Å². The molecular weight excluding hydrogens is 359 g/mol. The van der Waals surface area contributed by atoms with Gasteiger partial charge in [0.1, 0.15) is 5.82 Å². The number of aromatic nitrogens is 3. The second-order valence-electron chi connectivity index (χ2n) is 7.00. The van der Waals surface area contributed by atoms with Crippen molar-refractivity contribution in [1.29, 1.82) is 0 Å². The fourth-order valence-electron chi connectivity index (χ4n) is 3.41. The zero-order valence-electron chi connectivity index (χ0n) is 15.6. The predicted octanol–water partition coefficient (Wildman–Crippen LogP) is 3.38. The highest BCUT2D eigenvalue weighted by molar-refractivity contribution is 5.20. The van der Waals surface area contributed by atoms with Crippen molar-refractivity contribution in [2.24, 2.45) is 0 Å². The molecule has 7 heteroatoms. The first-order chi connectivity index (χ1) is 13.8. The summed E-state index contributed by atoms with van der Waals surface area (Å²) in [6, 6.07) is 12.5. The van der Waals surface area contributed by atoms with Gasteiger partial charge in [-0.15, -0.1) is 0 Å². The first-order valence-electron chi connectivity index (χ1n) is 9.55. The zero-order valence-corrected chi connectivity index (χ0v) is 15.6. The van der Waals surface area contributed by atoms with Crippen molar-refractivity contribution in [2.45, 2.75) is 38.5 Å². The van der Waals surface area contributed by atoms with Gasteiger partial charge >= 0.3 is 0 Å². The van der Waals surface area contributed by atoms with Crippen LogP contribution in [0.15, 0.2) is 53.2 Å². The number of pyridine rings is 1. The summed E-state index contributed by atoms with van der Waals surface area (Å²) in [7, 11) is 0. The Balaban J connectivity index is 1.43. The Bertz CT molecular complexity index is 881. The average molecular weight is 382 g/mol. The van der Waals surface area contributed by atoms with Crippen molar-refractivity contribution < 1.29 is 13.7 Å². The molecule has 0 N–H and O–H groups in total. The Morgan fingerprint density at radius 1 is 1.11 bits per heavy atom. The molecular formula is C21H23FN4O2. The van der Waals surface area contributed by atoms with Gasteiger partial charge in [0, 0.05) is 32.3 Å². The molecule has 1 fully saturated rings. The van der Waals surface area contributed by atoms with Crippen LogP contribution in [-0.4, -0.2) is 39.3 Å². The van der Waals surface area contributed by atoms with Gasteiger partial charge in [-0.2, -0.15) is 4.98 Å². The number of hydrogen-bond acceptors (Lipinski definition) is 6. The van der Waals surface area contributed by atoms with Crippen LogP contribution in [-0.2, 0) is 24.2 Å². The van der Waals surface area contributed by atoms with Crippen LogP contribution in [0.25, 0.3) is 0 Å². The minimum Gasteiger partial charge on any atom is -0.377 e. The first kappa shape index (κ1) is 18.7. The molecule has 28 heavy (non-hydrogen) atoms. The first-order valence-corrected chi connectivity index (χ1v) is 9.55. The lowest BCUT2D eigenvalue weighted by Crippen LogP contribution is -2.31. The van der Waals surface area contributed by atoms with Crippen molar-refractivity contribution in [3.8, 4) is 0 Å². The van der Waals surface area contributed by atoms with Crippen LogP contribution < -0.4 is 0 Å². The fourth-order valence-corrected chi connectivity index (χ4v) is 3.41. The minimum absolute atomic E-state index is 0.213. The number of halogens is 1. The van der Waals surface area contributed by atoms with E-state index in [-0.39, 0.29) is 11.9 Å². The standard InChI is InChI=1S/C21H23FN4O2/c22-19-9-2-1-6-16(19)12-20-24-21(28-25-20)15-26(14-18-8-5-11-27-18)13-17-7-3-4-10-23-17/h1-4,6-7,9-10,18H,5,8,11-15H2/t18-/m1/s1. The molecule has 1 aromatic carbocycles. The highest BCUT2D eigenvalue weighted by atomic mass is 19.1. The van der Waals surface area contributed by atoms with E-state index in [4.69, 9.17) is 9.26 Å². The van der Waals surface area contributed by atoms with E-state index in [1.54, 1.807) is 24.4 Å². The lowest BCUT2D eigenvalue weighted by molar-refractivity contribution is 0.0636. The monoisotopic (exact) mass is 382 g/mol. The van der Waals surface area contributed by atoms with Crippen molar-refractivity contribution in [2.75, 3.05) is 13.2 Å². The van der Waals surface area contributed by atoms with E-state index in [1.807, 2.05) is 18.2 Å². The molecule has 0 aliphatic carbocycles. The molecule has 0 spiro atoms. The number of benzene rings is 1. The van der Waals surface area contributed by atoms with Crippen LogP contribution in [0.5, 0.6) is 0 Å². The molecule has 4 rings (SSSR count). The van der Waals surface area contributed by atoms with E-state index in [1.165, 1.54) is 6.07 Å². The number of rotatable bonds is 8. The van der Waals surface area contributed by atoms with Gasteiger partial charge < -0.3 is 9.26 Å². The smallest absolute Gasteiger partial charge is 0.240 e. The van der Waals surface area contributed by atoms with E-state index < -0.39 is 0 Å². The molecule has 0 radical (unpaired) electrons. The molecule has 1 aliphatic heterocycles. The van der Waals surface area contributed by atoms with Crippen molar-refractivity contribution in [3.63, 3.8) is 0 Å². The fraction of sp³-hybridized carbons (Fsp3) is 0.381. The van der Waals surface area contributed by atoms with E-state index in [2.05, 4.69) is 20.0 Å². The van der Waals surface area contributed by atoms with Crippen molar-refractivity contribution in [1.82, 2.24) is 20.0 Å². The molecule has 3 heterocycles. The van der Waals surface area contributed by atoms with Crippen molar-refractivity contribution >= 4 is 0 Å². The van der Waals surface area contributed by atoms with Crippen LogP contribution >= 0.6 is 0 Å². The lowest BCUT2D eigenvalue weighted by Gasteiger charge is -2.23. The highest BCUT2D eigenvalue weighted by Gasteiger charge is 2.21. The quantitative estimate of drug-likeness (QED) is 0.595. The van der Waals surface area contributed by atoms with Gasteiger partial charge in [0.25, 0.3) is 0 Å². The van der Waals surface area contributed by atoms with Crippen LogP contribution in [0.3, 0.4) is 0 Å². The van der Waals surface area contributed by atoms with Gasteiger partial charge in [0.05, 0.1) is 18.3 Å². The lowest BCUT2D eigenvalue weighted by atomic mass is 10.1. The van der Waals surface area contributed by atoms with Gasteiger partial charge in [-0.1, -0.05) is 29.4 Å². The van der Waals surface area contributed by atoms with Gasteiger partial charge in [-0.05, 0) is 36.6 Å². The number of hydrogen-bond donors (Lipinski definition) is 0. The molecule has 0 saturated carbocycles. The maximum atomic E-state index is 13.8. The van der Waals surface area contributed by atoms with Crippen molar-refractivity contribution in [3.05, 3.63) is 77.5 Å². The topological polar surface area (TPSA) is 64.3 Å². The highest BCUT2D eigenvalue weighted by Crippen LogP contribution is 2.17. The van der Waals surface area contributed by atoms with E-state index in [0.29, 0.717) is 36.8 Å². The average Bonchev–Trinajstić information content (AvgIpc) is 3.37. The second-order valence-corrected chi connectivity index (χ2v) is 7.00. The Morgan fingerprint density at radius 3 is 2.79 bits per heavy atom. The third kappa shape index (κ3) is 4.99. The molecule has 3 aromatic rings. The molecule has 0 unspecified atom stereocenters. The third-order valence-electron chi connectivity index (χ3n) is 4.77. The molecule has 146 valence electrons. The van der Waals surface area contributed by atoms with Gasteiger partial charge in [-0.25, -0.2) is 4.39 Å². The summed E-state index contributed by atoms with van der Waals surface area (Å²) in [5.41, 5.74) is 1.53. The molecule has 2 aromatic heterocycles. The summed E-state index contributed by atoms with van der Waals surface area (Å²) in [6.07, 6.45) is 4.46. The van der Waals surface area contributed by atoms with E-state index in [0.717, 1.165) is 31.7 Å². The Labute approximate surface area is 163 Å². The molecule has 1 saturated heterocycles. The predicted molar refractivity (Wildman–Crippen MR) is 101 cm³/mol. The Kier molecular flexibility index (Phi) is 6.04. The van der Waals surface area contributed by atoms with Gasteiger partial charge in [-0.3, -0.25) is 9.88 Å². The Hall–Kier alpha value is -2.64. The maximum Gasteiger partial charge on any atom is 0.240 e. The van der Waals surface area contributed by atoms with E-state index in [9.17, 15) is 4.39 Å². The SMILES string of the molecule is Fc1ccccc1Cc1noc(CN(Cc2ccccn2)C[C@H]2CCCO2)n1. The summed E-state index contributed by atoms with van der Waals surface area (Å²) in [5.74, 6) is 0.735. The molecule has 1 aliphatic rings. The summed E-state index contributed by atoms with van der Waals surface area (Å²) in [4.78, 5) is 11.1. The van der Waals surface area contributed by atoms with Crippen LogP contribution in [0.2, 0.25) is 0 Å². The van der Waals surface area contributed by atoms with Crippen LogP contribution in [0.1, 0.15) is 35.8 Å². The van der Waals surface area contributed by atoms with Gasteiger partial charge in [0.2, 0.25) is 5.89 Å². The van der Waals surface area contributed by atoms with Crippen LogP contribution in [0.4, 0.5) is 4.39 Å².